The molecule has 0 radical (unpaired) electrons. The standard InChI is InChI=1S/C34H58N4O2/c1-39-33-23-13-11-21-31(33)37-29-19-9-7-17-27-35-25-15-5-3-4-6-16-26-36-28-18-8-10-20-30-38-32-22-12-14-24-34(32)40-2/h11-14,21-24,35-38H,3-10,15-20,25-30H2,1-2H3. The van der Waals surface area contributed by atoms with Crippen molar-refractivity contribution in [3.05, 3.63) is 48.5 Å². The number of benzene rings is 2. The van der Waals surface area contributed by atoms with Crippen molar-refractivity contribution in [3.8, 4) is 11.5 Å². The normalized spacial score (nSPS) is 10.9. The van der Waals surface area contributed by atoms with Gasteiger partial charge in [0.1, 0.15) is 11.5 Å². The van der Waals surface area contributed by atoms with Crippen LogP contribution >= 0.6 is 0 Å². The molecule has 0 aliphatic carbocycles. The molecule has 6 nitrogen and oxygen atoms in total. The first-order chi connectivity index (χ1) is 19.8. The Morgan fingerprint density at radius 2 is 0.700 bits per heavy atom. The third-order valence-corrected chi connectivity index (χ3v) is 7.36. The van der Waals surface area contributed by atoms with Crippen molar-refractivity contribution >= 4 is 11.4 Å². The summed E-state index contributed by atoms with van der Waals surface area (Å²) in [4.78, 5) is 0. The molecule has 0 heterocycles. The van der Waals surface area contributed by atoms with Gasteiger partial charge in [-0.15, -0.1) is 0 Å². The second kappa shape index (κ2) is 24.4. The van der Waals surface area contributed by atoms with E-state index < -0.39 is 0 Å². The molecule has 4 N–H and O–H groups in total. The predicted octanol–water partition coefficient (Wildman–Crippen LogP) is 7.87. The van der Waals surface area contributed by atoms with Crippen molar-refractivity contribution in [2.45, 2.75) is 89.9 Å². The Balaban J connectivity index is 1.22. The van der Waals surface area contributed by atoms with Crippen LogP contribution in [0.3, 0.4) is 0 Å². The lowest BCUT2D eigenvalue weighted by atomic mass is 10.1. The van der Waals surface area contributed by atoms with E-state index >= 15 is 0 Å². The van der Waals surface area contributed by atoms with Crippen LogP contribution in [0.2, 0.25) is 0 Å². The van der Waals surface area contributed by atoms with Crippen molar-refractivity contribution in [2.24, 2.45) is 0 Å². The molecule has 0 aromatic heterocycles. The Kier molecular flexibility index (Phi) is 20.6. The number of nitrogens with one attached hydrogen (secondary N) is 4. The number of rotatable bonds is 27. The minimum atomic E-state index is 0.923. The first-order valence-electron chi connectivity index (χ1n) is 16.0. The summed E-state index contributed by atoms with van der Waals surface area (Å²) in [5, 5.41) is 14.2. The smallest absolute Gasteiger partial charge is 0.141 e. The molecule has 0 bridgehead atoms. The summed E-state index contributed by atoms with van der Waals surface area (Å²) in [6.07, 6.45) is 18.2. The van der Waals surface area contributed by atoms with Gasteiger partial charge < -0.3 is 30.7 Å². The molecule has 40 heavy (non-hydrogen) atoms. The van der Waals surface area contributed by atoms with Crippen LogP contribution in [0.15, 0.2) is 48.5 Å². The van der Waals surface area contributed by atoms with E-state index in [0.29, 0.717) is 0 Å². The van der Waals surface area contributed by atoms with Crippen molar-refractivity contribution in [1.29, 1.82) is 0 Å². The van der Waals surface area contributed by atoms with Gasteiger partial charge in [-0.25, -0.2) is 0 Å². The topological polar surface area (TPSA) is 66.6 Å². The molecule has 0 atom stereocenters. The molecule has 0 spiro atoms. The van der Waals surface area contributed by atoms with E-state index in [1.165, 1.54) is 103 Å². The molecule has 2 rings (SSSR count). The van der Waals surface area contributed by atoms with Crippen LogP contribution < -0.4 is 30.7 Å². The van der Waals surface area contributed by atoms with E-state index in [0.717, 1.165) is 49.1 Å². The number of methoxy groups -OCH3 is 2. The predicted molar refractivity (Wildman–Crippen MR) is 173 cm³/mol. The molecule has 2 aromatic rings. The minimum Gasteiger partial charge on any atom is -0.495 e. The fourth-order valence-electron chi connectivity index (χ4n) is 4.94. The van der Waals surface area contributed by atoms with Crippen molar-refractivity contribution < 1.29 is 9.47 Å². The van der Waals surface area contributed by atoms with Gasteiger partial charge in [0.25, 0.3) is 0 Å². The SMILES string of the molecule is COc1ccccc1NCCCCCCNCCCCCCCCNCCCCCCNc1ccccc1OC. The van der Waals surface area contributed by atoms with Crippen LogP contribution in [-0.4, -0.2) is 53.5 Å². The summed E-state index contributed by atoms with van der Waals surface area (Å²) in [6, 6.07) is 16.3. The van der Waals surface area contributed by atoms with Crippen LogP contribution in [0.4, 0.5) is 11.4 Å². The number of anilines is 2. The summed E-state index contributed by atoms with van der Waals surface area (Å²) in [5.41, 5.74) is 2.19. The summed E-state index contributed by atoms with van der Waals surface area (Å²) in [7, 11) is 3.45. The molecule has 6 heteroatoms. The van der Waals surface area contributed by atoms with Gasteiger partial charge in [0.05, 0.1) is 25.6 Å². The van der Waals surface area contributed by atoms with Gasteiger partial charge in [0, 0.05) is 13.1 Å². The minimum absolute atomic E-state index is 0.923. The average Bonchev–Trinajstić information content (AvgIpc) is 2.99. The number of ether oxygens (including phenoxy) is 2. The van der Waals surface area contributed by atoms with E-state index in [9.17, 15) is 0 Å². The van der Waals surface area contributed by atoms with Gasteiger partial charge in [-0.2, -0.15) is 0 Å². The van der Waals surface area contributed by atoms with Gasteiger partial charge in [-0.3, -0.25) is 0 Å². The summed E-state index contributed by atoms with van der Waals surface area (Å²) < 4.78 is 10.8. The van der Waals surface area contributed by atoms with E-state index in [1.807, 2.05) is 36.4 Å². The summed E-state index contributed by atoms with van der Waals surface area (Å²) in [5.74, 6) is 1.85. The highest BCUT2D eigenvalue weighted by molar-refractivity contribution is 5.56. The molecule has 0 unspecified atom stereocenters. The van der Waals surface area contributed by atoms with Gasteiger partial charge in [-0.1, -0.05) is 75.6 Å². The Bertz CT molecular complexity index is 779. The molecule has 0 saturated heterocycles. The first kappa shape index (κ1) is 33.8. The van der Waals surface area contributed by atoms with Gasteiger partial charge in [0.2, 0.25) is 0 Å². The molecule has 0 fully saturated rings. The van der Waals surface area contributed by atoms with E-state index in [2.05, 4.69) is 33.4 Å². The maximum atomic E-state index is 5.38. The summed E-state index contributed by atoms with van der Waals surface area (Å²) >= 11 is 0. The summed E-state index contributed by atoms with van der Waals surface area (Å²) in [6.45, 7) is 6.68. The Morgan fingerprint density at radius 3 is 1.05 bits per heavy atom. The zero-order valence-electron chi connectivity index (χ0n) is 25.6. The second-order valence-corrected chi connectivity index (χ2v) is 10.7. The van der Waals surface area contributed by atoms with Crippen LogP contribution in [0.1, 0.15) is 89.9 Å². The highest BCUT2D eigenvalue weighted by atomic mass is 16.5. The van der Waals surface area contributed by atoms with Crippen LogP contribution in [0.5, 0.6) is 11.5 Å². The molecule has 0 amide bonds. The Labute approximate surface area is 245 Å². The molecular formula is C34H58N4O2. The van der Waals surface area contributed by atoms with Crippen LogP contribution in [-0.2, 0) is 0 Å². The lowest BCUT2D eigenvalue weighted by Gasteiger charge is -2.10. The maximum absolute atomic E-state index is 5.38. The van der Waals surface area contributed by atoms with Crippen molar-refractivity contribution in [3.63, 3.8) is 0 Å². The molecule has 0 aliphatic heterocycles. The average molecular weight is 555 g/mol. The Morgan fingerprint density at radius 1 is 0.400 bits per heavy atom. The van der Waals surface area contributed by atoms with E-state index in [-0.39, 0.29) is 0 Å². The van der Waals surface area contributed by atoms with Gasteiger partial charge in [0.15, 0.2) is 0 Å². The lowest BCUT2D eigenvalue weighted by Crippen LogP contribution is -2.17. The largest absolute Gasteiger partial charge is 0.495 e. The highest BCUT2D eigenvalue weighted by Gasteiger charge is 2.01. The number of hydrogen-bond donors (Lipinski definition) is 4. The highest BCUT2D eigenvalue weighted by Crippen LogP contribution is 2.23. The fraction of sp³-hybridized carbons (Fsp3) is 0.647. The van der Waals surface area contributed by atoms with Crippen LogP contribution in [0.25, 0.3) is 0 Å². The zero-order chi connectivity index (χ0) is 28.4. The van der Waals surface area contributed by atoms with Crippen molar-refractivity contribution in [1.82, 2.24) is 10.6 Å². The zero-order valence-corrected chi connectivity index (χ0v) is 25.6. The fourth-order valence-corrected chi connectivity index (χ4v) is 4.94. The molecule has 2 aromatic carbocycles. The first-order valence-corrected chi connectivity index (χ1v) is 16.0. The van der Waals surface area contributed by atoms with Crippen LogP contribution in [0, 0.1) is 0 Å². The second-order valence-electron chi connectivity index (χ2n) is 10.7. The monoisotopic (exact) mass is 554 g/mol. The third kappa shape index (κ3) is 16.6. The van der Waals surface area contributed by atoms with Crippen molar-refractivity contribution in [2.75, 3.05) is 64.1 Å². The van der Waals surface area contributed by atoms with Gasteiger partial charge in [-0.05, 0) is 89.0 Å². The number of para-hydroxylation sites is 4. The van der Waals surface area contributed by atoms with E-state index in [1.54, 1.807) is 14.2 Å². The lowest BCUT2D eigenvalue weighted by molar-refractivity contribution is 0.416. The molecule has 226 valence electrons. The third-order valence-electron chi connectivity index (χ3n) is 7.36. The Hall–Kier alpha value is -2.44. The van der Waals surface area contributed by atoms with Gasteiger partial charge >= 0.3 is 0 Å². The number of unbranched alkanes of at least 4 members (excludes halogenated alkanes) is 11. The molecule has 0 aliphatic rings. The van der Waals surface area contributed by atoms with E-state index in [4.69, 9.17) is 9.47 Å². The number of hydrogen-bond acceptors (Lipinski definition) is 6. The maximum Gasteiger partial charge on any atom is 0.141 e. The molecule has 0 saturated carbocycles. The molecular weight excluding hydrogens is 496 g/mol. The quantitative estimate of drug-likeness (QED) is 0.0843.